The standard InChI is InChI=1S/C11H22N2/c1-9(13-11-3-2-4-11)10-5-7-12-8-6-10/h9-13H,2-8H2,1H3. The van der Waals surface area contributed by atoms with Crippen molar-refractivity contribution in [2.75, 3.05) is 13.1 Å². The van der Waals surface area contributed by atoms with Gasteiger partial charge in [-0.2, -0.15) is 0 Å². The van der Waals surface area contributed by atoms with Gasteiger partial charge < -0.3 is 10.6 Å². The van der Waals surface area contributed by atoms with Gasteiger partial charge in [-0.25, -0.2) is 0 Å². The van der Waals surface area contributed by atoms with E-state index in [9.17, 15) is 0 Å². The van der Waals surface area contributed by atoms with Crippen LogP contribution in [0.5, 0.6) is 0 Å². The highest BCUT2D eigenvalue weighted by molar-refractivity contribution is 4.84. The van der Waals surface area contributed by atoms with Crippen molar-refractivity contribution in [3.8, 4) is 0 Å². The molecule has 1 saturated heterocycles. The van der Waals surface area contributed by atoms with Gasteiger partial charge in [0, 0.05) is 12.1 Å². The zero-order valence-corrected chi connectivity index (χ0v) is 8.68. The Labute approximate surface area is 81.5 Å². The summed E-state index contributed by atoms with van der Waals surface area (Å²) in [6, 6.07) is 1.59. The lowest BCUT2D eigenvalue weighted by Crippen LogP contribution is -2.46. The van der Waals surface area contributed by atoms with E-state index < -0.39 is 0 Å². The van der Waals surface area contributed by atoms with Gasteiger partial charge in [0.1, 0.15) is 0 Å². The molecule has 2 fully saturated rings. The van der Waals surface area contributed by atoms with Crippen molar-refractivity contribution in [1.29, 1.82) is 0 Å². The van der Waals surface area contributed by atoms with Gasteiger partial charge in [-0.1, -0.05) is 6.42 Å². The van der Waals surface area contributed by atoms with Crippen LogP contribution in [0.3, 0.4) is 0 Å². The highest BCUT2D eigenvalue weighted by Crippen LogP contribution is 2.22. The molecule has 0 aromatic carbocycles. The lowest BCUT2D eigenvalue weighted by molar-refractivity contribution is 0.234. The summed E-state index contributed by atoms with van der Waals surface area (Å²) in [6.45, 7) is 4.82. The van der Waals surface area contributed by atoms with E-state index >= 15 is 0 Å². The molecule has 0 radical (unpaired) electrons. The molecule has 0 bridgehead atoms. The van der Waals surface area contributed by atoms with Gasteiger partial charge in [-0.3, -0.25) is 0 Å². The quantitative estimate of drug-likeness (QED) is 0.691. The van der Waals surface area contributed by atoms with Crippen molar-refractivity contribution < 1.29 is 0 Å². The van der Waals surface area contributed by atoms with E-state index in [1.807, 2.05) is 0 Å². The summed E-state index contributed by atoms with van der Waals surface area (Å²) in [5, 5.41) is 7.18. The summed E-state index contributed by atoms with van der Waals surface area (Å²) in [7, 11) is 0. The Balaban J connectivity index is 1.70. The minimum atomic E-state index is 0.743. The lowest BCUT2D eigenvalue weighted by atomic mass is 9.87. The van der Waals surface area contributed by atoms with Crippen LogP contribution >= 0.6 is 0 Å². The minimum Gasteiger partial charge on any atom is -0.317 e. The summed E-state index contributed by atoms with van der Waals surface area (Å²) >= 11 is 0. The Morgan fingerprint density at radius 2 is 1.85 bits per heavy atom. The SMILES string of the molecule is CC(NC1CCC1)C1CCNCC1. The Bertz CT molecular complexity index is 148. The monoisotopic (exact) mass is 182 g/mol. The van der Waals surface area contributed by atoms with Crippen molar-refractivity contribution in [2.24, 2.45) is 5.92 Å². The molecule has 0 aromatic heterocycles. The van der Waals surface area contributed by atoms with E-state index in [2.05, 4.69) is 17.6 Å². The topological polar surface area (TPSA) is 24.1 Å². The average Bonchev–Trinajstić information content (AvgIpc) is 2.12. The van der Waals surface area contributed by atoms with Crippen LogP contribution in [0.2, 0.25) is 0 Å². The summed E-state index contributed by atoms with van der Waals surface area (Å²) in [6.07, 6.45) is 6.99. The fraction of sp³-hybridized carbons (Fsp3) is 1.00. The van der Waals surface area contributed by atoms with Crippen LogP contribution in [0.25, 0.3) is 0 Å². The molecular formula is C11H22N2. The van der Waals surface area contributed by atoms with Crippen molar-refractivity contribution in [1.82, 2.24) is 10.6 Å². The first-order valence-electron chi connectivity index (χ1n) is 5.83. The number of rotatable bonds is 3. The van der Waals surface area contributed by atoms with Gasteiger partial charge in [-0.05, 0) is 51.6 Å². The molecule has 2 N–H and O–H groups in total. The second kappa shape index (κ2) is 4.43. The van der Waals surface area contributed by atoms with Gasteiger partial charge in [-0.15, -0.1) is 0 Å². The van der Waals surface area contributed by atoms with Gasteiger partial charge in [0.05, 0.1) is 0 Å². The summed E-state index contributed by atoms with van der Waals surface area (Å²) in [5.74, 6) is 0.918. The largest absolute Gasteiger partial charge is 0.317 e. The molecule has 0 aromatic rings. The normalized spacial score (nSPS) is 28.4. The van der Waals surface area contributed by atoms with Crippen molar-refractivity contribution in [3.05, 3.63) is 0 Å². The van der Waals surface area contributed by atoms with Crippen LogP contribution in [0.15, 0.2) is 0 Å². The zero-order valence-electron chi connectivity index (χ0n) is 8.68. The maximum Gasteiger partial charge on any atom is 0.00705 e. The number of nitrogens with one attached hydrogen (secondary N) is 2. The first kappa shape index (κ1) is 9.47. The van der Waals surface area contributed by atoms with Gasteiger partial charge >= 0.3 is 0 Å². The third kappa shape index (κ3) is 2.44. The van der Waals surface area contributed by atoms with Crippen LogP contribution < -0.4 is 10.6 Å². The highest BCUT2D eigenvalue weighted by atomic mass is 15.0. The van der Waals surface area contributed by atoms with Crippen LogP contribution in [-0.2, 0) is 0 Å². The van der Waals surface area contributed by atoms with E-state index in [-0.39, 0.29) is 0 Å². The van der Waals surface area contributed by atoms with Crippen LogP contribution in [-0.4, -0.2) is 25.2 Å². The first-order valence-corrected chi connectivity index (χ1v) is 5.83. The molecule has 2 nitrogen and oxygen atoms in total. The van der Waals surface area contributed by atoms with Gasteiger partial charge in [0.25, 0.3) is 0 Å². The Hall–Kier alpha value is -0.0800. The molecule has 1 atom stereocenters. The zero-order chi connectivity index (χ0) is 9.10. The van der Waals surface area contributed by atoms with Crippen molar-refractivity contribution in [3.63, 3.8) is 0 Å². The summed E-state index contributed by atoms with van der Waals surface area (Å²) < 4.78 is 0. The maximum absolute atomic E-state index is 3.76. The number of piperidine rings is 1. The van der Waals surface area contributed by atoms with Crippen molar-refractivity contribution >= 4 is 0 Å². The second-order valence-electron chi connectivity index (χ2n) is 4.67. The predicted molar refractivity (Wildman–Crippen MR) is 55.8 cm³/mol. The van der Waals surface area contributed by atoms with E-state index in [4.69, 9.17) is 0 Å². The molecule has 0 spiro atoms. The van der Waals surface area contributed by atoms with Gasteiger partial charge in [0.15, 0.2) is 0 Å². The van der Waals surface area contributed by atoms with E-state index in [0.29, 0.717) is 0 Å². The third-order valence-electron chi connectivity index (χ3n) is 3.69. The Kier molecular flexibility index (Phi) is 3.23. The van der Waals surface area contributed by atoms with Crippen LogP contribution in [0.4, 0.5) is 0 Å². The second-order valence-corrected chi connectivity index (χ2v) is 4.67. The smallest absolute Gasteiger partial charge is 0.00705 e. The van der Waals surface area contributed by atoms with Gasteiger partial charge in [0.2, 0.25) is 0 Å². The molecule has 1 aliphatic heterocycles. The van der Waals surface area contributed by atoms with Crippen LogP contribution in [0, 0.1) is 5.92 Å². The maximum atomic E-state index is 3.76. The molecule has 2 heteroatoms. The predicted octanol–water partition coefficient (Wildman–Crippen LogP) is 1.52. The van der Waals surface area contributed by atoms with E-state index in [0.717, 1.165) is 18.0 Å². The van der Waals surface area contributed by atoms with Crippen LogP contribution in [0.1, 0.15) is 39.0 Å². The fourth-order valence-electron chi connectivity index (χ4n) is 2.43. The molecule has 76 valence electrons. The molecule has 1 unspecified atom stereocenters. The Morgan fingerprint density at radius 1 is 1.15 bits per heavy atom. The molecule has 0 amide bonds. The average molecular weight is 182 g/mol. The molecule has 1 saturated carbocycles. The summed E-state index contributed by atoms with van der Waals surface area (Å²) in [4.78, 5) is 0. The molecule has 13 heavy (non-hydrogen) atoms. The minimum absolute atomic E-state index is 0.743. The Morgan fingerprint density at radius 3 is 2.38 bits per heavy atom. The first-order chi connectivity index (χ1) is 6.36. The molecular weight excluding hydrogens is 160 g/mol. The molecule has 2 aliphatic rings. The fourth-order valence-corrected chi connectivity index (χ4v) is 2.43. The van der Waals surface area contributed by atoms with E-state index in [1.165, 1.54) is 45.2 Å². The van der Waals surface area contributed by atoms with Crippen molar-refractivity contribution in [2.45, 2.75) is 51.1 Å². The summed E-state index contributed by atoms with van der Waals surface area (Å²) in [5.41, 5.74) is 0. The lowest BCUT2D eigenvalue weighted by Gasteiger charge is -2.35. The third-order valence-corrected chi connectivity index (χ3v) is 3.69. The number of hydrogen-bond donors (Lipinski definition) is 2. The number of hydrogen-bond acceptors (Lipinski definition) is 2. The van der Waals surface area contributed by atoms with E-state index in [1.54, 1.807) is 0 Å². The highest BCUT2D eigenvalue weighted by Gasteiger charge is 2.24. The molecule has 2 rings (SSSR count). The molecule has 1 heterocycles. The molecule has 1 aliphatic carbocycles.